The molecule has 0 aromatic carbocycles. The molecule has 0 spiro atoms. The smallest absolute Gasteiger partial charge is 0.310 e. The molecule has 15 heavy (non-hydrogen) atoms. The highest BCUT2D eigenvalue weighted by Crippen LogP contribution is 2.61. The van der Waals surface area contributed by atoms with Crippen molar-refractivity contribution in [3.63, 3.8) is 0 Å². The number of esters is 1. The predicted octanol–water partition coefficient (Wildman–Crippen LogP) is 1.76. The van der Waals surface area contributed by atoms with E-state index in [0.717, 1.165) is 5.57 Å². The van der Waals surface area contributed by atoms with Gasteiger partial charge in [-0.15, -0.1) is 0 Å². The van der Waals surface area contributed by atoms with Crippen LogP contribution in [0, 0.1) is 17.3 Å². The zero-order valence-corrected chi connectivity index (χ0v) is 9.91. The first kappa shape index (κ1) is 12.2. The summed E-state index contributed by atoms with van der Waals surface area (Å²) in [5.74, 6) is -0.0809. The van der Waals surface area contributed by atoms with Gasteiger partial charge >= 0.3 is 5.97 Å². The molecule has 1 saturated carbocycles. The van der Waals surface area contributed by atoms with Crippen molar-refractivity contribution in [1.82, 2.24) is 0 Å². The Bertz CT molecular complexity index is 279. The molecule has 0 saturated heterocycles. The van der Waals surface area contributed by atoms with Crippen LogP contribution < -0.4 is 0 Å². The van der Waals surface area contributed by atoms with Crippen molar-refractivity contribution >= 4 is 5.97 Å². The van der Waals surface area contributed by atoms with E-state index in [2.05, 4.69) is 0 Å². The average Bonchev–Trinajstić information content (AvgIpc) is 2.72. The van der Waals surface area contributed by atoms with Crippen LogP contribution in [0.15, 0.2) is 11.6 Å². The first-order chi connectivity index (χ1) is 7.00. The molecule has 0 radical (unpaired) electrons. The van der Waals surface area contributed by atoms with E-state index < -0.39 is 0 Å². The van der Waals surface area contributed by atoms with Gasteiger partial charge in [-0.25, -0.2) is 0 Å². The summed E-state index contributed by atoms with van der Waals surface area (Å²) in [6.07, 6.45) is 1.89. The molecule has 3 nitrogen and oxygen atoms in total. The second-order valence-electron chi connectivity index (χ2n) is 4.55. The molecule has 3 heteroatoms. The van der Waals surface area contributed by atoms with Crippen molar-refractivity contribution in [3.8, 4) is 0 Å². The van der Waals surface area contributed by atoms with Gasteiger partial charge in [-0.2, -0.15) is 0 Å². The molecule has 1 aliphatic carbocycles. The zero-order valence-electron chi connectivity index (χ0n) is 9.91. The highest BCUT2D eigenvalue weighted by molar-refractivity contribution is 5.78. The van der Waals surface area contributed by atoms with E-state index in [-0.39, 0.29) is 29.8 Å². The minimum absolute atomic E-state index is 0.0283. The van der Waals surface area contributed by atoms with E-state index in [4.69, 9.17) is 4.74 Å². The van der Waals surface area contributed by atoms with Crippen molar-refractivity contribution in [1.29, 1.82) is 0 Å². The van der Waals surface area contributed by atoms with E-state index >= 15 is 0 Å². The van der Waals surface area contributed by atoms with Crippen molar-refractivity contribution in [2.75, 3.05) is 13.2 Å². The van der Waals surface area contributed by atoms with Crippen LogP contribution in [0.3, 0.4) is 0 Å². The predicted molar refractivity (Wildman–Crippen MR) is 58.2 cm³/mol. The molecule has 2 atom stereocenters. The third-order valence-electron chi connectivity index (χ3n) is 3.32. The number of carbonyl (C=O) groups excluding carboxylic acids is 1. The maximum atomic E-state index is 11.6. The molecule has 1 N–H and O–H groups in total. The Balaban J connectivity index is 2.74. The summed E-state index contributed by atoms with van der Waals surface area (Å²) in [6, 6.07) is 0. The fraction of sp³-hybridized carbons (Fsp3) is 0.750. The largest absolute Gasteiger partial charge is 0.466 e. The van der Waals surface area contributed by atoms with Crippen LogP contribution in [0.5, 0.6) is 0 Å². The number of rotatable bonds is 4. The van der Waals surface area contributed by atoms with Gasteiger partial charge in [0.25, 0.3) is 0 Å². The third kappa shape index (κ3) is 2.07. The van der Waals surface area contributed by atoms with Crippen LogP contribution in [-0.4, -0.2) is 24.3 Å². The number of hydrogen-bond acceptors (Lipinski definition) is 3. The Labute approximate surface area is 91.1 Å². The molecule has 86 valence electrons. The molecule has 1 rings (SSSR count). The van der Waals surface area contributed by atoms with Crippen molar-refractivity contribution in [3.05, 3.63) is 11.6 Å². The van der Waals surface area contributed by atoms with Crippen molar-refractivity contribution in [2.24, 2.45) is 17.3 Å². The lowest BCUT2D eigenvalue weighted by molar-refractivity contribution is -0.145. The van der Waals surface area contributed by atoms with E-state index in [1.165, 1.54) is 0 Å². The fourth-order valence-corrected chi connectivity index (χ4v) is 2.37. The van der Waals surface area contributed by atoms with Gasteiger partial charge in [-0.3, -0.25) is 4.79 Å². The van der Waals surface area contributed by atoms with Crippen LogP contribution in [0.25, 0.3) is 0 Å². The van der Waals surface area contributed by atoms with Crippen molar-refractivity contribution < 1.29 is 14.6 Å². The minimum atomic E-state index is -0.139. The summed E-state index contributed by atoms with van der Waals surface area (Å²) in [5, 5.41) is 9.18. The number of aliphatic hydroxyl groups excluding tert-OH is 1. The quantitative estimate of drug-likeness (QED) is 0.570. The summed E-state index contributed by atoms with van der Waals surface area (Å²) in [4.78, 5) is 11.6. The summed E-state index contributed by atoms with van der Waals surface area (Å²) < 4.78 is 5.02. The molecule has 1 aliphatic rings. The van der Waals surface area contributed by atoms with Gasteiger partial charge in [0.05, 0.1) is 19.1 Å². The Kier molecular flexibility index (Phi) is 3.55. The van der Waals surface area contributed by atoms with Crippen LogP contribution in [0.2, 0.25) is 0 Å². The third-order valence-corrected chi connectivity index (χ3v) is 3.32. The van der Waals surface area contributed by atoms with E-state index in [9.17, 15) is 9.90 Å². The molecule has 2 unspecified atom stereocenters. The van der Waals surface area contributed by atoms with E-state index in [1.807, 2.05) is 33.8 Å². The summed E-state index contributed by atoms with van der Waals surface area (Å²) in [5.41, 5.74) is 0.870. The van der Waals surface area contributed by atoms with Crippen molar-refractivity contribution in [2.45, 2.75) is 27.7 Å². The lowest BCUT2D eigenvalue weighted by Crippen LogP contribution is -2.10. The van der Waals surface area contributed by atoms with Crippen LogP contribution in [-0.2, 0) is 9.53 Å². The van der Waals surface area contributed by atoms with Gasteiger partial charge < -0.3 is 9.84 Å². The summed E-state index contributed by atoms with van der Waals surface area (Å²) in [6.45, 7) is 8.23. The maximum Gasteiger partial charge on any atom is 0.310 e. The number of allylic oxidation sites excluding steroid dienone is 1. The number of carbonyl (C=O) groups is 1. The molecule has 1 fully saturated rings. The highest BCUT2D eigenvalue weighted by Gasteiger charge is 2.63. The van der Waals surface area contributed by atoms with Crippen LogP contribution >= 0.6 is 0 Å². The molecule has 0 bridgehead atoms. The van der Waals surface area contributed by atoms with Gasteiger partial charge in [0.1, 0.15) is 0 Å². The molecule has 0 aromatic heterocycles. The summed E-state index contributed by atoms with van der Waals surface area (Å²) in [7, 11) is 0. The van der Waals surface area contributed by atoms with Gasteiger partial charge in [0.2, 0.25) is 0 Å². The molecule has 0 heterocycles. The number of aliphatic hydroxyl groups is 1. The van der Waals surface area contributed by atoms with Crippen LogP contribution in [0.4, 0.5) is 0 Å². The monoisotopic (exact) mass is 212 g/mol. The zero-order chi connectivity index (χ0) is 11.6. The van der Waals surface area contributed by atoms with Crippen LogP contribution in [0.1, 0.15) is 27.7 Å². The molecule has 0 aromatic rings. The molecule has 0 aliphatic heterocycles. The second-order valence-corrected chi connectivity index (χ2v) is 4.55. The van der Waals surface area contributed by atoms with Gasteiger partial charge in [0.15, 0.2) is 0 Å². The molecule has 0 amide bonds. The first-order valence-corrected chi connectivity index (χ1v) is 5.43. The molecular weight excluding hydrogens is 192 g/mol. The lowest BCUT2D eigenvalue weighted by Gasteiger charge is -2.03. The maximum absolute atomic E-state index is 11.6. The topological polar surface area (TPSA) is 46.5 Å². The normalized spacial score (nSPS) is 28.7. The Morgan fingerprint density at radius 1 is 1.47 bits per heavy atom. The highest BCUT2D eigenvalue weighted by atomic mass is 16.5. The van der Waals surface area contributed by atoms with E-state index in [1.54, 1.807) is 0 Å². The Morgan fingerprint density at radius 3 is 2.47 bits per heavy atom. The van der Waals surface area contributed by atoms with E-state index in [0.29, 0.717) is 6.61 Å². The van der Waals surface area contributed by atoms with Gasteiger partial charge in [-0.1, -0.05) is 19.9 Å². The minimum Gasteiger partial charge on any atom is -0.466 e. The standard InChI is InChI=1S/C12H20O3/c1-5-8(7-13)9-10(12(9,3)4)11(14)15-6-2/h5,9-10,13H,6-7H2,1-4H3/b8-5-. The Morgan fingerprint density at radius 2 is 2.07 bits per heavy atom. The van der Waals surface area contributed by atoms with Gasteiger partial charge in [0, 0.05) is 5.92 Å². The van der Waals surface area contributed by atoms with Gasteiger partial charge in [-0.05, 0) is 24.8 Å². The SMILES string of the molecule is C/C=C(/CO)C1C(C(=O)OCC)C1(C)C. The Hall–Kier alpha value is -0.830. The number of ether oxygens (including phenoxy) is 1. The number of hydrogen-bond donors (Lipinski definition) is 1. The first-order valence-electron chi connectivity index (χ1n) is 5.43. The molecular formula is C12H20O3. The second kappa shape index (κ2) is 4.35. The summed E-state index contributed by atoms with van der Waals surface area (Å²) >= 11 is 0. The fourth-order valence-electron chi connectivity index (χ4n) is 2.37. The lowest BCUT2D eigenvalue weighted by atomic mass is 10.0. The average molecular weight is 212 g/mol.